The molecule has 0 fully saturated rings. The Morgan fingerprint density at radius 3 is 2.41 bits per heavy atom. The van der Waals surface area contributed by atoms with Gasteiger partial charge < -0.3 is 14.8 Å². The lowest BCUT2D eigenvalue weighted by molar-refractivity contribution is -0.384. The van der Waals surface area contributed by atoms with Gasteiger partial charge in [-0.2, -0.15) is 0 Å². The smallest absolute Gasteiger partial charge is 0.273 e. The van der Waals surface area contributed by atoms with Crippen LogP contribution in [0.3, 0.4) is 0 Å². The molecule has 2 aromatic carbocycles. The maximum atomic E-state index is 12.1. The van der Waals surface area contributed by atoms with E-state index in [1.807, 2.05) is 24.3 Å². The van der Waals surface area contributed by atoms with Gasteiger partial charge in [-0.3, -0.25) is 14.9 Å². The maximum absolute atomic E-state index is 12.1. The van der Waals surface area contributed by atoms with E-state index in [-0.39, 0.29) is 29.4 Å². The number of anilines is 1. The first-order valence-electron chi connectivity index (χ1n) is 8.62. The van der Waals surface area contributed by atoms with E-state index in [1.54, 1.807) is 0 Å². The number of hydrogen-bond acceptors (Lipinski definition) is 5. The molecule has 2 rings (SSSR count). The maximum Gasteiger partial charge on any atom is 0.273 e. The summed E-state index contributed by atoms with van der Waals surface area (Å²) in [5, 5.41) is 13.4. The molecule has 0 unspecified atom stereocenters. The quantitative estimate of drug-likeness (QED) is 0.551. The van der Waals surface area contributed by atoms with Gasteiger partial charge in [-0.15, -0.1) is 0 Å². The van der Waals surface area contributed by atoms with Gasteiger partial charge in [0.25, 0.3) is 11.6 Å². The van der Waals surface area contributed by atoms with E-state index in [0.717, 1.165) is 6.42 Å². The first kappa shape index (κ1) is 20.2. The summed E-state index contributed by atoms with van der Waals surface area (Å²) in [4.78, 5) is 22.4. The van der Waals surface area contributed by atoms with Gasteiger partial charge in [0.1, 0.15) is 11.5 Å². The topological polar surface area (TPSA) is 90.7 Å². The highest BCUT2D eigenvalue weighted by Crippen LogP contribution is 2.29. The lowest BCUT2D eigenvalue weighted by atomic mass is 9.82. The van der Waals surface area contributed by atoms with Gasteiger partial charge in [0.05, 0.1) is 23.8 Å². The SMILES string of the molecule is CCC(C)(C)c1ccc(OCC(=O)Nc2ccc([N+](=O)[O-])cc2OC)cc1. The lowest BCUT2D eigenvalue weighted by Crippen LogP contribution is -2.20. The summed E-state index contributed by atoms with van der Waals surface area (Å²) < 4.78 is 10.6. The fourth-order valence-electron chi connectivity index (χ4n) is 2.44. The highest BCUT2D eigenvalue weighted by Gasteiger charge is 2.18. The van der Waals surface area contributed by atoms with Crippen LogP contribution in [0, 0.1) is 10.1 Å². The Balaban J connectivity index is 1.97. The van der Waals surface area contributed by atoms with Gasteiger partial charge in [-0.05, 0) is 35.6 Å². The molecule has 27 heavy (non-hydrogen) atoms. The number of carbonyl (C=O) groups is 1. The molecular formula is C20H24N2O5. The number of non-ortho nitro benzene ring substituents is 1. The minimum absolute atomic E-state index is 0.0857. The molecule has 0 spiro atoms. The number of rotatable bonds is 8. The van der Waals surface area contributed by atoms with Crippen molar-refractivity contribution in [2.45, 2.75) is 32.6 Å². The number of hydrogen-bond donors (Lipinski definition) is 1. The number of nitrogens with one attached hydrogen (secondary N) is 1. The van der Waals surface area contributed by atoms with Gasteiger partial charge in [0.2, 0.25) is 0 Å². The molecule has 1 N–H and O–H groups in total. The standard InChI is InChI=1S/C20H24N2O5/c1-5-20(2,3)14-6-9-16(10-7-14)27-13-19(23)21-17-11-8-15(22(24)25)12-18(17)26-4/h6-12H,5,13H2,1-4H3,(H,21,23). The molecule has 0 saturated heterocycles. The first-order chi connectivity index (χ1) is 12.8. The van der Waals surface area contributed by atoms with E-state index < -0.39 is 4.92 Å². The van der Waals surface area contributed by atoms with Crippen LogP contribution in [0.15, 0.2) is 42.5 Å². The van der Waals surface area contributed by atoms with Crippen LogP contribution in [0.5, 0.6) is 11.5 Å². The van der Waals surface area contributed by atoms with Crippen LogP contribution in [0.1, 0.15) is 32.8 Å². The number of nitro benzene ring substituents is 1. The summed E-state index contributed by atoms with van der Waals surface area (Å²) in [6, 6.07) is 11.7. The predicted molar refractivity (Wildman–Crippen MR) is 104 cm³/mol. The Labute approximate surface area is 158 Å². The Morgan fingerprint density at radius 2 is 1.85 bits per heavy atom. The Morgan fingerprint density at radius 1 is 1.19 bits per heavy atom. The zero-order chi connectivity index (χ0) is 20.0. The molecule has 7 heteroatoms. The van der Waals surface area contributed by atoms with Crippen molar-refractivity contribution in [2.75, 3.05) is 19.0 Å². The van der Waals surface area contributed by atoms with Crippen molar-refractivity contribution in [3.8, 4) is 11.5 Å². The van der Waals surface area contributed by atoms with Gasteiger partial charge in [0.15, 0.2) is 6.61 Å². The molecular weight excluding hydrogens is 348 g/mol. The Kier molecular flexibility index (Phi) is 6.39. The van der Waals surface area contributed by atoms with E-state index in [0.29, 0.717) is 11.4 Å². The van der Waals surface area contributed by atoms with E-state index in [1.165, 1.54) is 30.9 Å². The third-order valence-electron chi connectivity index (χ3n) is 4.56. The number of nitro groups is 1. The van der Waals surface area contributed by atoms with Crippen molar-refractivity contribution in [1.29, 1.82) is 0 Å². The van der Waals surface area contributed by atoms with Gasteiger partial charge in [-0.25, -0.2) is 0 Å². The molecule has 0 aliphatic heterocycles. The van der Waals surface area contributed by atoms with Crippen molar-refractivity contribution >= 4 is 17.3 Å². The van der Waals surface area contributed by atoms with Crippen LogP contribution in [0.25, 0.3) is 0 Å². The summed E-state index contributed by atoms with van der Waals surface area (Å²) in [5.41, 5.74) is 1.52. The Hall–Kier alpha value is -3.09. The molecule has 144 valence electrons. The van der Waals surface area contributed by atoms with Gasteiger partial charge in [-0.1, -0.05) is 32.9 Å². The molecule has 0 bridgehead atoms. The van der Waals surface area contributed by atoms with Crippen LogP contribution in [0.2, 0.25) is 0 Å². The van der Waals surface area contributed by atoms with Crippen molar-refractivity contribution in [3.63, 3.8) is 0 Å². The molecule has 0 radical (unpaired) electrons. The molecule has 2 aromatic rings. The number of benzene rings is 2. The lowest BCUT2D eigenvalue weighted by Gasteiger charge is -2.23. The molecule has 0 saturated carbocycles. The molecule has 0 aromatic heterocycles. The second-order valence-electron chi connectivity index (χ2n) is 6.74. The Bertz CT molecular complexity index is 816. The van der Waals surface area contributed by atoms with Crippen LogP contribution in [-0.4, -0.2) is 24.5 Å². The number of carbonyl (C=O) groups excluding carboxylic acids is 1. The summed E-state index contributed by atoms with van der Waals surface area (Å²) in [6.07, 6.45) is 1.02. The average Bonchev–Trinajstić information content (AvgIpc) is 2.66. The number of ether oxygens (including phenoxy) is 2. The van der Waals surface area contributed by atoms with Crippen molar-refractivity contribution < 1.29 is 19.2 Å². The summed E-state index contributed by atoms with van der Waals surface area (Å²) in [5.74, 6) is 0.417. The largest absolute Gasteiger partial charge is 0.494 e. The fraction of sp³-hybridized carbons (Fsp3) is 0.350. The monoisotopic (exact) mass is 372 g/mol. The summed E-state index contributed by atoms with van der Waals surface area (Å²) >= 11 is 0. The van der Waals surface area contributed by atoms with E-state index in [4.69, 9.17) is 9.47 Å². The fourth-order valence-corrected chi connectivity index (χ4v) is 2.44. The van der Waals surface area contributed by atoms with E-state index in [9.17, 15) is 14.9 Å². The van der Waals surface area contributed by atoms with Crippen LogP contribution >= 0.6 is 0 Å². The molecule has 0 atom stereocenters. The van der Waals surface area contributed by atoms with Crippen molar-refractivity contribution in [1.82, 2.24) is 0 Å². The van der Waals surface area contributed by atoms with E-state index >= 15 is 0 Å². The highest BCUT2D eigenvalue weighted by molar-refractivity contribution is 5.93. The van der Waals surface area contributed by atoms with Crippen molar-refractivity contribution in [2.24, 2.45) is 0 Å². The van der Waals surface area contributed by atoms with Crippen molar-refractivity contribution in [3.05, 3.63) is 58.1 Å². The minimum Gasteiger partial charge on any atom is -0.494 e. The van der Waals surface area contributed by atoms with Gasteiger partial charge in [0, 0.05) is 6.07 Å². The van der Waals surface area contributed by atoms with Crippen LogP contribution in [0.4, 0.5) is 11.4 Å². The third-order valence-corrected chi connectivity index (χ3v) is 4.56. The molecule has 0 aliphatic carbocycles. The highest BCUT2D eigenvalue weighted by atomic mass is 16.6. The third kappa shape index (κ3) is 5.20. The number of methoxy groups -OCH3 is 1. The average molecular weight is 372 g/mol. The predicted octanol–water partition coefficient (Wildman–Crippen LogP) is 4.31. The first-order valence-corrected chi connectivity index (χ1v) is 8.62. The molecule has 0 heterocycles. The number of nitrogens with zero attached hydrogens (tertiary/aromatic N) is 1. The molecule has 0 aliphatic rings. The number of amides is 1. The summed E-state index contributed by atoms with van der Waals surface area (Å²) in [7, 11) is 1.38. The molecule has 1 amide bonds. The normalized spacial score (nSPS) is 11.0. The summed E-state index contributed by atoms with van der Waals surface area (Å²) in [6.45, 7) is 6.31. The molecule has 7 nitrogen and oxygen atoms in total. The van der Waals surface area contributed by atoms with Gasteiger partial charge >= 0.3 is 0 Å². The zero-order valence-corrected chi connectivity index (χ0v) is 15.9. The van der Waals surface area contributed by atoms with Crippen LogP contribution < -0.4 is 14.8 Å². The zero-order valence-electron chi connectivity index (χ0n) is 15.9. The minimum atomic E-state index is -0.527. The second kappa shape index (κ2) is 8.53. The van der Waals surface area contributed by atoms with Crippen LogP contribution in [-0.2, 0) is 10.2 Å². The second-order valence-corrected chi connectivity index (χ2v) is 6.74. The van der Waals surface area contributed by atoms with E-state index in [2.05, 4.69) is 26.1 Å².